The average molecular weight is 314 g/mol. The van der Waals surface area contributed by atoms with E-state index in [0.29, 0.717) is 12.1 Å². The Morgan fingerprint density at radius 2 is 1.86 bits per heavy atom. The molecule has 1 heterocycles. The third kappa shape index (κ3) is 3.31. The van der Waals surface area contributed by atoms with Gasteiger partial charge in [0.2, 0.25) is 0 Å². The Labute approximate surface area is 118 Å². The summed E-state index contributed by atoms with van der Waals surface area (Å²) in [5.41, 5.74) is -0.906. The van der Waals surface area contributed by atoms with Gasteiger partial charge in [0.15, 0.2) is 0 Å². The van der Waals surface area contributed by atoms with E-state index >= 15 is 0 Å². The van der Waals surface area contributed by atoms with Crippen LogP contribution in [0.25, 0.3) is 0 Å². The van der Waals surface area contributed by atoms with Gasteiger partial charge in [0.1, 0.15) is 16.5 Å². The predicted octanol–water partition coefficient (Wildman–Crippen LogP) is 1.86. The van der Waals surface area contributed by atoms with E-state index in [-0.39, 0.29) is 0 Å². The molecule has 0 radical (unpaired) electrons. The summed E-state index contributed by atoms with van der Waals surface area (Å²) in [4.78, 5) is 13.9. The van der Waals surface area contributed by atoms with E-state index in [9.17, 15) is 22.0 Å². The lowest BCUT2D eigenvalue weighted by Crippen LogP contribution is -2.16. The largest absolute Gasteiger partial charge is 0.478 e. The quantitative estimate of drug-likeness (QED) is 0.898. The lowest BCUT2D eigenvalue weighted by Gasteiger charge is -2.10. The van der Waals surface area contributed by atoms with Gasteiger partial charge in [-0.15, -0.1) is 0 Å². The number of nitrogens with zero attached hydrogens (tertiary/aromatic N) is 1. The maximum absolute atomic E-state index is 13.2. The third-order valence-electron chi connectivity index (χ3n) is 2.45. The monoisotopic (exact) mass is 314 g/mol. The van der Waals surface area contributed by atoms with Gasteiger partial charge in [-0.25, -0.2) is 22.0 Å². The van der Waals surface area contributed by atoms with Crippen LogP contribution in [-0.2, 0) is 10.0 Å². The number of rotatable bonds is 4. The highest BCUT2D eigenvalue weighted by atomic mass is 32.2. The second kappa shape index (κ2) is 5.44. The van der Waals surface area contributed by atoms with Crippen LogP contribution in [0.3, 0.4) is 0 Å². The van der Waals surface area contributed by atoms with Gasteiger partial charge < -0.3 is 5.11 Å². The van der Waals surface area contributed by atoms with Gasteiger partial charge in [-0.3, -0.25) is 9.71 Å². The van der Waals surface area contributed by atoms with Crippen LogP contribution < -0.4 is 4.72 Å². The Balaban J connectivity index is 2.46. The zero-order valence-electron chi connectivity index (χ0n) is 10.2. The maximum Gasteiger partial charge on any atom is 0.337 e. The third-order valence-corrected chi connectivity index (χ3v) is 3.78. The SMILES string of the molecule is O=C(O)c1ccc(F)cc1NS(=O)(=O)c1cncc(F)c1. The van der Waals surface area contributed by atoms with Crippen LogP contribution in [0.5, 0.6) is 0 Å². The lowest BCUT2D eigenvalue weighted by molar-refractivity contribution is 0.0698. The number of anilines is 1. The van der Waals surface area contributed by atoms with Crippen molar-refractivity contribution in [2.75, 3.05) is 4.72 Å². The molecule has 6 nitrogen and oxygen atoms in total. The van der Waals surface area contributed by atoms with Crippen LogP contribution in [0.4, 0.5) is 14.5 Å². The second-order valence-corrected chi connectivity index (χ2v) is 5.62. The molecule has 0 atom stereocenters. The molecule has 0 saturated carbocycles. The zero-order valence-corrected chi connectivity index (χ0v) is 11.1. The van der Waals surface area contributed by atoms with Gasteiger partial charge in [0, 0.05) is 6.20 Å². The summed E-state index contributed by atoms with van der Waals surface area (Å²) in [6.45, 7) is 0. The van der Waals surface area contributed by atoms with E-state index in [4.69, 9.17) is 5.11 Å². The summed E-state index contributed by atoms with van der Waals surface area (Å²) in [5, 5.41) is 8.94. The van der Waals surface area contributed by atoms with Crippen molar-refractivity contribution in [2.45, 2.75) is 4.90 Å². The van der Waals surface area contributed by atoms with Crippen molar-refractivity contribution in [3.63, 3.8) is 0 Å². The number of hydrogen-bond acceptors (Lipinski definition) is 4. The van der Waals surface area contributed by atoms with Crippen LogP contribution in [0.2, 0.25) is 0 Å². The van der Waals surface area contributed by atoms with Crippen molar-refractivity contribution in [3.8, 4) is 0 Å². The van der Waals surface area contributed by atoms with Gasteiger partial charge in [0.25, 0.3) is 10.0 Å². The topological polar surface area (TPSA) is 96.4 Å². The number of aromatic nitrogens is 1. The summed E-state index contributed by atoms with van der Waals surface area (Å²) < 4.78 is 52.1. The Hall–Kier alpha value is -2.55. The highest BCUT2D eigenvalue weighted by Gasteiger charge is 2.20. The molecule has 2 N–H and O–H groups in total. The average Bonchev–Trinajstić information content (AvgIpc) is 2.38. The fraction of sp³-hybridized carbons (Fsp3) is 0. The second-order valence-electron chi connectivity index (χ2n) is 3.94. The van der Waals surface area contributed by atoms with E-state index in [1.807, 2.05) is 4.72 Å². The van der Waals surface area contributed by atoms with Crippen LogP contribution in [-0.4, -0.2) is 24.5 Å². The number of benzene rings is 1. The number of hydrogen-bond donors (Lipinski definition) is 2. The number of carboxylic acids is 1. The first-order valence-corrected chi connectivity index (χ1v) is 6.94. The highest BCUT2D eigenvalue weighted by Crippen LogP contribution is 2.21. The van der Waals surface area contributed by atoms with Crippen molar-refractivity contribution in [1.29, 1.82) is 0 Å². The van der Waals surface area contributed by atoms with Gasteiger partial charge in [-0.1, -0.05) is 0 Å². The van der Waals surface area contributed by atoms with Crippen LogP contribution >= 0.6 is 0 Å². The van der Waals surface area contributed by atoms with E-state index in [1.54, 1.807) is 0 Å². The van der Waals surface area contributed by atoms with Gasteiger partial charge in [0.05, 0.1) is 17.4 Å². The van der Waals surface area contributed by atoms with E-state index < -0.39 is 43.8 Å². The smallest absolute Gasteiger partial charge is 0.337 e. The fourth-order valence-corrected chi connectivity index (χ4v) is 2.57. The first-order chi connectivity index (χ1) is 9.79. The summed E-state index contributed by atoms with van der Waals surface area (Å²) in [6.07, 6.45) is 1.69. The number of carbonyl (C=O) groups is 1. The molecule has 0 fully saturated rings. The molecule has 0 aliphatic rings. The molecule has 0 unspecified atom stereocenters. The summed E-state index contributed by atoms with van der Waals surface area (Å²) in [7, 11) is -4.29. The van der Waals surface area contributed by atoms with Crippen molar-refractivity contribution in [1.82, 2.24) is 4.98 Å². The van der Waals surface area contributed by atoms with Crippen molar-refractivity contribution in [3.05, 3.63) is 53.9 Å². The normalized spacial score (nSPS) is 11.1. The van der Waals surface area contributed by atoms with Crippen LogP contribution in [0, 0.1) is 11.6 Å². The van der Waals surface area contributed by atoms with E-state index in [2.05, 4.69) is 4.98 Å². The molecule has 2 aromatic rings. The van der Waals surface area contributed by atoms with Crippen molar-refractivity contribution >= 4 is 21.7 Å². The molecule has 2 rings (SSSR count). The molecule has 0 spiro atoms. The molecule has 9 heteroatoms. The maximum atomic E-state index is 13.2. The van der Waals surface area contributed by atoms with E-state index in [0.717, 1.165) is 24.5 Å². The number of aromatic carboxylic acids is 1. The molecule has 0 saturated heterocycles. The number of carboxylic acid groups (broad SMARTS) is 1. The fourth-order valence-electron chi connectivity index (χ4n) is 1.53. The molecule has 0 amide bonds. The van der Waals surface area contributed by atoms with Gasteiger partial charge >= 0.3 is 5.97 Å². The molecule has 1 aromatic carbocycles. The number of pyridine rings is 1. The molecule has 0 aliphatic heterocycles. The number of sulfonamides is 1. The first kappa shape index (κ1) is 14.9. The minimum Gasteiger partial charge on any atom is -0.478 e. The Morgan fingerprint density at radius 1 is 1.14 bits per heavy atom. The van der Waals surface area contributed by atoms with Crippen LogP contribution in [0.15, 0.2) is 41.6 Å². The van der Waals surface area contributed by atoms with E-state index in [1.165, 1.54) is 0 Å². The van der Waals surface area contributed by atoms with Crippen LogP contribution in [0.1, 0.15) is 10.4 Å². The molecule has 0 aliphatic carbocycles. The minimum absolute atomic E-state index is 0.440. The molecular weight excluding hydrogens is 306 g/mol. The molecule has 110 valence electrons. The Bertz CT molecular complexity index is 809. The molecule has 21 heavy (non-hydrogen) atoms. The van der Waals surface area contributed by atoms with Gasteiger partial charge in [-0.05, 0) is 24.3 Å². The molecule has 0 bridgehead atoms. The number of nitrogens with one attached hydrogen (secondary N) is 1. The standard InChI is InChI=1S/C12H8F2N2O4S/c13-7-1-2-10(12(17)18)11(4-7)16-21(19,20)9-3-8(14)5-15-6-9/h1-6,16H,(H,17,18). The summed E-state index contributed by atoms with van der Waals surface area (Å²) in [5.74, 6) is -3.14. The minimum atomic E-state index is -4.29. The first-order valence-electron chi connectivity index (χ1n) is 5.46. The zero-order chi connectivity index (χ0) is 15.6. The Morgan fingerprint density at radius 3 is 2.48 bits per heavy atom. The predicted molar refractivity (Wildman–Crippen MR) is 68.4 cm³/mol. The van der Waals surface area contributed by atoms with Crippen molar-refractivity contribution < 1.29 is 27.1 Å². The molecule has 1 aromatic heterocycles. The number of halogens is 2. The summed E-state index contributed by atoms with van der Waals surface area (Å²) >= 11 is 0. The molecular formula is C12H8F2N2O4S. The lowest BCUT2D eigenvalue weighted by atomic mass is 10.2. The van der Waals surface area contributed by atoms with Gasteiger partial charge in [-0.2, -0.15) is 0 Å². The van der Waals surface area contributed by atoms with Crippen molar-refractivity contribution in [2.24, 2.45) is 0 Å². The summed E-state index contributed by atoms with van der Waals surface area (Å²) in [6, 6.07) is 3.22. The highest BCUT2D eigenvalue weighted by molar-refractivity contribution is 7.92. The Kier molecular flexibility index (Phi) is 3.85.